The SMILES string of the molecule is CC(C)(C)c1cc(O)cc2ccc(F)c(C=C(F)F)c12. The minimum Gasteiger partial charge on any atom is -0.508 e. The van der Waals surface area contributed by atoms with Gasteiger partial charge in [-0.2, -0.15) is 8.78 Å². The van der Waals surface area contributed by atoms with Crippen LogP contribution in [0.25, 0.3) is 16.8 Å². The van der Waals surface area contributed by atoms with Crippen molar-refractivity contribution in [2.24, 2.45) is 0 Å². The third-order valence-corrected chi connectivity index (χ3v) is 3.15. The molecule has 0 heterocycles. The predicted octanol–water partition coefficient (Wildman–Crippen LogP) is 5.22. The van der Waals surface area contributed by atoms with Crippen molar-refractivity contribution in [3.8, 4) is 5.75 Å². The second kappa shape index (κ2) is 4.85. The summed E-state index contributed by atoms with van der Waals surface area (Å²) >= 11 is 0. The highest BCUT2D eigenvalue weighted by atomic mass is 19.3. The Balaban J connectivity index is 2.98. The van der Waals surface area contributed by atoms with E-state index in [1.807, 2.05) is 20.8 Å². The Hall–Kier alpha value is -1.97. The van der Waals surface area contributed by atoms with Crippen molar-refractivity contribution in [1.29, 1.82) is 0 Å². The van der Waals surface area contributed by atoms with Crippen LogP contribution < -0.4 is 0 Å². The number of phenols is 1. The highest BCUT2D eigenvalue weighted by molar-refractivity contribution is 5.95. The molecule has 20 heavy (non-hydrogen) atoms. The summed E-state index contributed by atoms with van der Waals surface area (Å²) in [6.07, 6.45) is -1.42. The lowest BCUT2D eigenvalue weighted by molar-refractivity contribution is 0.429. The molecule has 0 saturated heterocycles. The summed E-state index contributed by atoms with van der Waals surface area (Å²) in [5.74, 6) is -0.675. The van der Waals surface area contributed by atoms with Crippen molar-refractivity contribution in [2.75, 3.05) is 0 Å². The normalized spacial score (nSPS) is 11.7. The minimum atomic E-state index is -1.95. The van der Waals surface area contributed by atoms with Gasteiger partial charge in [0.2, 0.25) is 0 Å². The van der Waals surface area contributed by atoms with Gasteiger partial charge in [0.05, 0.1) is 0 Å². The minimum absolute atomic E-state index is 0.0321. The van der Waals surface area contributed by atoms with Crippen LogP contribution in [0.1, 0.15) is 31.9 Å². The lowest BCUT2D eigenvalue weighted by atomic mass is 9.82. The van der Waals surface area contributed by atoms with E-state index in [2.05, 4.69) is 0 Å². The fourth-order valence-corrected chi connectivity index (χ4v) is 2.29. The standard InChI is InChI=1S/C16H15F3O/c1-16(2,3)12-7-10(20)6-9-4-5-13(17)11(15(9)12)8-14(18)19/h4-8,20H,1-3H3. The van der Waals surface area contributed by atoms with Gasteiger partial charge in [-0.25, -0.2) is 4.39 Å². The maximum absolute atomic E-state index is 13.9. The zero-order valence-corrected chi connectivity index (χ0v) is 11.5. The van der Waals surface area contributed by atoms with Crippen LogP contribution in [-0.4, -0.2) is 5.11 Å². The first-order chi connectivity index (χ1) is 9.20. The zero-order chi connectivity index (χ0) is 15.1. The molecule has 0 aliphatic carbocycles. The van der Waals surface area contributed by atoms with Crippen LogP contribution in [0.4, 0.5) is 13.2 Å². The molecule has 0 unspecified atom stereocenters. The van der Waals surface area contributed by atoms with Gasteiger partial charge < -0.3 is 5.11 Å². The van der Waals surface area contributed by atoms with Crippen molar-refractivity contribution >= 4 is 16.8 Å². The Morgan fingerprint density at radius 3 is 2.35 bits per heavy atom. The Morgan fingerprint density at radius 2 is 1.80 bits per heavy atom. The molecule has 0 spiro atoms. The van der Waals surface area contributed by atoms with Crippen LogP contribution in [0.5, 0.6) is 5.75 Å². The molecule has 1 nitrogen and oxygen atoms in total. The summed E-state index contributed by atoms with van der Waals surface area (Å²) in [5.41, 5.74) is 0.0621. The van der Waals surface area contributed by atoms with Gasteiger partial charge in [0.15, 0.2) is 0 Å². The smallest absolute Gasteiger partial charge is 0.271 e. The van der Waals surface area contributed by atoms with Gasteiger partial charge in [-0.15, -0.1) is 0 Å². The summed E-state index contributed by atoms with van der Waals surface area (Å²) in [6, 6.07) is 5.54. The van der Waals surface area contributed by atoms with Gasteiger partial charge in [0, 0.05) is 11.6 Å². The third kappa shape index (κ3) is 2.64. The number of phenolic OH excluding ortho intramolecular Hbond substituents is 1. The van der Waals surface area contributed by atoms with Gasteiger partial charge >= 0.3 is 0 Å². The van der Waals surface area contributed by atoms with E-state index < -0.39 is 17.3 Å². The van der Waals surface area contributed by atoms with E-state index in [-0.39, 0.29) is 11.3 Å². The van der Waals surface area contributed by atoms with Gasteiger partial charge in [0.25, 0.3) is 6.08 Å². The summed E-state index contributed by atoms with van der Waals surface area (Å²) in [6.45, 7) is 5.64. The van der Waals surface area contributed by atoms with E-state index in [9.17, 15) is 18.3 Å². The van der Waals surface area contributed by atoms with Crippen LogP contribution in [0.3, 0.4) is 0 Å². The van der Waals surface area contributed by atoms with E-state index in [0.717, 1.165) is 6.07 Å². The molecule has 1 N–H and O–H groups in total. The van der Waals surface area contributed by atoms with Crippen LogP contribution >= 0.6 is 0 Å². The quantitative estimate of drug-likeness (QED) is 0.759. The molecular weight excluding hydrogens is 265 g/mol. The summed E-state index contributed by atoms with van der Waals surface area (Å²) in [4.78, 5) is 0. The second-order valence-corrected chi connectivity index (χ2v) is 5.74. The van der Waals surface area contributed by atoms with E-state index in [1.165, 1.54) is 18.2 Å². The van der Waals surface area contributed by atoms with Crippen molar-refractivity contribution in [3.63, 3.8) is 0 Å². The van der Waals surface area contributed by atoms with Crippen molar-refractivity contribution < 1.29 is 18.3 Å². The van der Waals surface area contributed by atoms with Gasteiger partial charge in [0.1, 0.15) is 11.6 Å². The Bertz CT molecular complexity index is 693. The Kier molecular flexibility index (Phi) is 3.50. The maximum atomic E-state index is 13.9. The molecule has 0 fully saturated rings. The first kappa shape index (κ1) is 14.4. The number of hydrogen-bond acceptors (Lipinski definition) is 1. The fourth-order valence-electron chi connectivity index (χ4n) is 2.29. The first-order valence-electron chi connectivity index (χ1n) is 6.18. The average Bonchev–Trinajstić information content (AvgIpc) is 2.30. The number of halogens is 3. The van der Waals surface area contributed by atoms with E-state index in [1.54, 1.807) is 0 Å². The van der Waals surface area contributed by atoms with Crippen LogP contribution in [-0.2, 0) is 5.41 Å². The molecule has 0 aromatic heterocycles. The summed E-state index contributed by atoms with van der Waals surface area (Å²) in [7, 11) is 0. The van der Waals surface area contributed by atoms with E-state index in [0.29, 0.717) is 22.4 Å². The number of fused-ring (bicyclic) bond motifs is 1. The van der Waals surface area contributed by atoms with Gasteiger partial charge in [-0.3, -0.25) is 0 Å². The zero-order valence-electron chi connectivity index (χ0n) is 11.5. The monoisotopic (exact) mass is 280 g/mol. The molecule has 0 atom stereocenters. The Morgan fingerprint density at radius 1 is 1.15 bits per heavy atom. The molecule has 0 saturated carbocycles. The molecule has 0 radical (unpaired) electrons. The van der Waals surface area contributed by atoms with Crippen LogP contribution in [0, 0.1) is 5.82 Å². The number of rotatable bonds is 1. The predicted molar refractivity (Wildman–Crippen MR) is 74.5 cm³/mol. The van der Waals surface area contributed by atoms with Crippen LogP contribution in [0.15, 0.2) is 30.3 Å². The lowest BCUT2D eigenvalue weighted by Crippen LogP contribution is -2.12. The fraction of sp³-hybridized carbons (Fsp3) is 0.250. The van der Waals surface area contributed by atoms with Crippen LogP contribution in [0.2, 0.25) is 0 Å². The average molecular weight is 280 g/mol. The van der Waals surface area contributed by atoms with Crippen molar-refractivity contribution in [1.82, 2.24) is 0 Å². The first-order valence-corrected chi connectivity index (χ1v) is 6.18. The Labute approximate surface area is 115 Å². The maximum Gasteiger partial charge on any atom is 0.271 e. The molecule has 0 bridgehead atoms. The van der Waals surface area contributed by atoms with Crippen molar-refractivity contribution in [3.05, 3.63) is 47.3 Å². The van der Waals surface area contributed by atoms with Gasteiger partial charge in [-0.05, 0) is 39.9 Å². The molecule has 0 amide bonds. The van der Waals surface area contributed by atoms with E-state index in [4.69, 9.17) is 0 Å². The summed E-state index contributed by atoms with van der Waals surface area (Å²) in [5, 5.41) is 10.7. The molecule has 2 aromatic rings. The lowest BCUT2D eigenvalue weighted by Gasteiger charge is -2.23. The summed E-state index contributed by atoms with van der Waals surface area (Å²) < 4.78 is 39.1. The molecule has 4 heteroatoms. The highest BCUT2D eigenvalue weighted by Crippen LogP contribution is 2.37. The molecule has 0 aliphatic rings. The molecule has 106 valence electrons. The molecular formula is C16H15F3O. The van der Waals surface area contributed by atoms with E-state index >= 15 is 0 Å². The molecule has 2 aromatic carbocycles. The molecule has 0 aliphatic heterocycles. The second-order valence-electron chi connectivity index (χ2n) is 5.74. The number of hydrogen-bond donors (Lipinski definition) is 1. The number of benzene rings is 2. The molecule has 2 rings (SSSR count). The largest absolute Gasteiger partial charge is 0.508 e. The van der Waals surface area contributed by atoms with Gasteiger partial charge in [-0.1, -0.05) is 26.8 Å². The van der Waals surface area contributed by atoms with Crippen molar-refractivity contribution in [2.45, 2.75) is 26.2 Å². The highest BCUT2D eigenvalue weighted by Gasteiger charge is 2.21. The third-order valence-electron chi connectivity index (χ3n) is 3.15. The number of aromatic hydroxyl groups is 1. The topological polar surface area (TPSA) is 20.2 Å².